The van der Waals surface area contributed by atoms with Crippen molar-refractivity contribution in [2.24, 2.45) is 10.9 Å². The summed E-state index contributed by atoms with van der Waals surface area (Å²) in [6.45, 7) is 2.37. The van der Waals surface area contributed by atoms with E-state index in [1.165, 1.54) is 0 Å². The van der Waals surface area contributed by atoms with Crippen LogP contribution in [0.25, 0.3) is 0 Å². The van der Waals surface area contributed by atoms with Gasteiger partial charge in [0.2, 0.25) is 0 Å². The molecule has 104 valence electrons. The third kappa shape index (κ3) is 3.33. The Labute approximate surface area is 120 Å². The number of thiazole rings is 1. The van der Waals surface area contributed by atoms with E-state index >= 15 is 0 Å². The summed E-state index contributed by atoms with van der Waals surface area (Å²) >= 11 is 1.55. The number of nitrogens with one attached hydrogen (secondary N) is 1. The summed E-state index contributed by atoms with van der Waals surface area (Å²) in [4.78, 5) is 17.2. The number of nitrogens with zero attached hydrogens (tertiary/aromatic N) is 2. The van der Waals surface area contributed by atoms with Gasteiger partial charge >= 0.3 is 0 Å². The Balaban J connectivity index is 1.99. The molecule has 0 spiro atoms. The van der Waals surface area contributed by atoms with Crippen LogP contribution in [0.5, 0.6) is 0 Å². The van der Waals surface area contributed by atoms with Crippen LogP contribution in [-0.4, -0.2) is 21.9 Å². The molecule has 7 heteroatoms. The van der Waals surface area contributed by atoms with Crippen molar-refractivity contribution in [2.75, 3.05) is 0 Å². The molecule has 1 heterocycles. The molecule has 1 aromatic carbocycles. The van der Waals surface area contributed by atoms with E-state index in [2.05, 4.69) is 15.5 Å². The summed E-state index contributed by atoms with van der Waals surface area (Å²) in [5.41, 5.74) is 6.51. The molecular weight excluding hydrogens is 276 g/mol. The highest BCUT2D eigenvalue weighted by molar-refractivity contribution is 7.11. The Bertz CT molecular complexity index is 634. The predicted molar refractivity (Wildman–Crippen MR) is 77.0 cm³/mol. The Morgan fingerprint density at radius 2 is 2.05 bits per heavy atom. The Hall–Kier alpha value is -2.41. The molecule has 4 N–H and O–H groups in total. The van der Waals surface area contributed by atoms with Gasteiger partial charge in [-0.15, -0.1) is 11.3 Å². The molecule has 1 aromatic heterocycles. The van der Waals surface area contributed by atoms with Crippen LogP contribution in [0.2, 0.25) is 0 Å². The maximum Gasteiger partial charge on any atom is 0.251 e. The van der Waals surface area contributed by atoms with Crippen LogP contribution < -0.4 is 11.1 Å². The lowest BCUT2D eigenvalue weighted by molar-refractivity contribution is 0.0951. The van der Waals surface area contributed by atoms with Gasteiger partial charge in [0.1, 0.15) is 5.01 Å². The van der Waals surface area contributed by atoms with Gasteiger partial charge in [-0.2, -0.15) is 0 Å². The maximum atomic E-state index is 11.9. The number of carbonyl (C=O) groups is 1. The molecule has 0 radical (unpaired) electrons. The summed E-state index contributed by atoms with van der Waals surface area (Å²) in [5.74, 6) is -0.181. The fourth-order valence-corrected chi connectivity index (χ4v) is 2.32. The lowest BCUT2D eigenvalue weighted by Gasteiger charge is -2.04. The third-order valence-electron chi connectivity index (χ3n) is 2.62. The van der Waals surface area contributed by atoms with Crippen molar-refractivity contribution >= 4 is 23.1 Å². The molecule has 0 saturated heterocycles. The van der Waals surface area contributed by atoms with E-state index in [4.69, 9.17) is 10.9 Å². The molecule has 0 atom stereocenters. The number of amides is 1. The Kier molecular flexibility index (Phi) is 4.31. The average molecular weight is 290 g/mol. The first-order valence-corrected chi connectivity index (χ1v) is 6.69. The van der Waals surface area contributed by atoms with Gasteiger partial charge in [0.15, 0.2) is 5.84 Å². The summed E-state index contributed by atoms with van der Waals surface area (Å²) in [7, 11) is 0. The van der Waals surface area contributed by atoms with Gasteiger partial charge in [0.05, 0.1) is 6.54 Å². The topological polar surface area (TPSA) is 101 Å². The molecule has 20 heavy (non-hydrogen) atoms. The van der Waals surface area contributed by atoms with Crippen molar-refractivity contribution in [2.45, 2.75) is 13.5 Å². The second-order valence-electron chi connectivity index (χ2n) is 4.11. The van der Waals surface area contributed by atoms with Crippen molar-refractivity contribution in [1.82, 2.24) is 10.3 Å². The molecule has 2 aromatic rings. The van der Waals surface area contributed by atoms with Crippen LogP contribution in [0.15, 0.2) is 35.6 Å². The summed E-state index contributed by atoms with van der Waals surface area (Å²) in [6, 6.07) is 6.49. The van der Waals surface area contributed by atoms with Crippen molar-refractivity contribution in [3.05, 3.63) is 51.5 Å². The largest absolute Gasteiger partial charge is 0.409 e. The molecule has 2 rings (SSSR count). The number of aryl methyl sites for hydroxylation is 1. The van der Waals surface area contributed by atoms with Crippen LogP contribution in [0, 0.1) is 6.92 Å². The van der Waals surface area contributed by atoms with Gasteiger partial charge in [0, 0.05) is 22.2 Å². The molecule has 1 amide bonds. The molecule has 0 aliphatic rings. The minimum absolute atomic E-state index is 0.00946. The van der Waals surface area contributed by atoms with Crippen LogP contribution in [0.4, 0.5) is 0 Å². The van der Waals surface area contributed by atoms with Crippen molar-refractivity contribution in [3.8, 4) is 0 Å². The number of rotatable bonds is 4. The minimum atomic E-state index is -0.191. The number of oxime groups is 1. The molecular formula is C13H14N4O2S. The van der Waals surface area contributed by atoms with Crippen LogP contribution in [-0.2, 0) is 6.54 Å². The second kappa shape index (κ2) is 6.16. The highest BCUT2D eigenvalue weighted by Gasteiger charge is 2.07. The first-order chi connectivity index (χ1) is 9.60. The van der Waals surface area contributed by atoms with Gasteiger partial charge in [-0.3, -0.25) is 4.79 Å². The standard InChI is InChI=1S/C13H14N4O2S/c1-8-6-15-11(20-8)7-16-13(18)10-4-2-9(3-5-10)12(14)17-19/h2-6,19H,7H2,1H3,(H2,14,17)(H,16,18). The predicted octanol–water partition coefficient (Wildman–Crippen LogP) is 1.48. The number of amidine groups is 1. The number of hydrogen-bond donors (Lipinski definition) is 3. The fraction of sp³-hybridized carbons (Fsp3) is 0.154. The summed E-state index contributed by atoms with van der Waals surface area (Å²) < 4.78 is 0. The molecule has 0 saturated carbocycles. The molecule has 0 fully saturated rings. The van der Waals surface area contributed by atoms with E-state index in [0.717, 1.165) is 9.88 Å². The molecule has 0 aliphatic heterocycles. The zero-order valence-corrected chi connectivity index (χ0v) is 11.6. The SMILES string of the molecule is Cc1cnc(CNC(=O)c2ccc(/C(N)=N/O)cc2)s1. The Morgan fingerprint density at radius 1 is 1.40 bits per heavy atom. The summed E-state index contributed by atoms with van der Waals surface area (Å²) in [6.07, 6.45) is 1.78. The van der Waals surface area contributed by atoms with Crippen molar-refractivity contribution in [3.63, 3.8) is 0 Å². The van der Waals surface area contributed by atoms with Gasteiger partial charge in [-0.25, -0.2) is 4.98 Å². The highest BCUT2D eigenvalue weighted by Crippen LogP contribution is 2.11. The third-order valence-corrected chi connectivity index (χ3v) is 3.53. The monoisotopic (exact) mass is 290 g/mol. The second-order valence-corrected chi connectivity index (χ2v) is 5.43. The first kappa shape index (κ1) is 14.0. The number of aromatic nitrogens is 1. The van der Waals surface area contributed by atoms with E-state index in [9.17, 15) is 4.79 Å². The molecule has 0 unspecified atom stereocenters. The normalized spacial score (nSPS) is 11.3. The quantitative estimate of drug-likeness (QED) is 0.343. The highest BCUT2D eigenvalue weighted by atomic mass is 32.1. The molecule has 6 nitrogen and oxygen atoms in total. The first-order valence-electron chi connectivity index (χ1n) is 5.87. The van der Waals surface area contributed by atoms with Crippen LogP contribution in [0.3, 0.4) is 0 Å². The maximum absolute atomic E-state index is 11.9. The van der Waals surface area contributed by atoms with Gasteiger partial charge in [0.25, 0.3) is 5.91 Å². The zero-order chi connectivity index (χ0) is 14.5. The van der Waals surface area contributed by atoms with E-state index < -0.39 is 0 Å². The number of nitrogens with two attached hydrogens (primary N) is 1. The average Bonchev–Trinajstić information content (AvgIpc) is 2.89. The van der Waals surface area contributed by atoms with E-state index in [1.54, 1.807) is 41.8 Å². The van der Waals surface area contributed by atoms with E-state index in [1.807, 2.05) is 6.92 Å². The lowest BCUT2D eigenvalue weighted by atomic mass is 10.1. The molecule has 0 aliphatic carbocycles. The summed E-state index contributed by atoms with van der Waals surface area (Å²) in [5, 5.41) is 15.1. The number of benzene rings is 1. The minimum Gasteiger partial charge on any atom is -0.409 e. The van der Waals surface area contributed by atoms with Crippen LogP contribution in [0.1, 0.15) is 25.8 Å². The van der Waals surface area contributed by atoms with E-state index in [0.29, 0.717) is 17.7 Å². The smallest absolute Gasteiger partial charge is 0.251 e. The van der Waals surface area contributed by atoms with Crippen LogP contribution >= 0.6 is 11.3 Å². The number of hydrogen-bond acceptors (Lipinski definition) is 5. The van der Waals surface area contributed by atoms with Gasteiger partial charge < -0.3 is 16.3 Å². The van der Waals surface area contributed by atoms with E-state index in [-0.39, 0.29) is 11.7 Å². The molecule has 0 bridgehead atoms. The fourth-order valence-electron chi connectivity index (χ4n) is 1.59. The van der Waals surface area contributed by atoms with Crippen molar-refractivity contribution < 1.29 is 10.0 Å². The Morgan fingerprint density at radius 3 is 2.60 bits per heavy atom. The zero-order valence-electron chi connectivity index (χ0n) is 10.8. The lowest BCUT2D eigenvalue weighted by Crippen LogP contribution is -2.23. The van der Waals surface area contributed by atoms with Gasteiger partial charge in [-0.05, 0) is 19.1 Å². The van der Waals surface area contributed by atoms with Gasteiger partial charge in [-0.1, -0.05) is 17.3 Å². The van der Waals surface area contributed by atoms with Crippen molar-refractivity contribution in [1.29, 1.82) is 0 Å². The number of carbonyl (C=O) groups excluding carboxylic acids is 1.